The van der Waals surface area contributed by atoms with Crippen LogP contribution in [0.5, 0.6) is 0 Å². The van der Waals surface area contributed by atoms with Gasteiger partial charge in [-0.3, -0.25) is 4.79 Å². The minimum atomic E-state index is -0.427. The van der Waals surface area contributed by atoms with E-state index in [1.165, 1.54) is 25.7 Å². The van der Waals surface area contributed by atoms with E-state index in [0.717, 1.165) is 0 Å². The lowest BCUT2D eigenvalue weighted by Gasteiger charge is -2.28. The van der Waals surface area contributed by atoms with Crippen molar-refractivity contribution in [1.82, 2.24) is 10.6 Å². The number of carbonyl (C=O) groups is 1. The third kappa shape index (κ3) is 2.69. The molecule has 1 aliphatic rings. The fourth-order valence-electron chi connectivity index (χ4n) is 1.96. The lowest BCUT2D eigenvalue weighted by molar-refractivity contribution is -0.126. The third-order valence-corrected chi connectivity index (χ3v) is 2.71. The van der Waals surface area contributed by atoms with Gasteiger partial charge in [0.2, 0.25) is 5.91 Å². The van der Waals surface area contributed by atoms with E-state index < -0.39 is 5.54 Å². The number of hydrogen-bond acceptors (Lipinski definition) is 2. The van der Waals surface area contributed by atoms with Crippen molar-refractivity contribution >= 4 is 5.91 Å². The van der Waals surface area contributed by atoms with E-state index >= 15 is 0 Å². The van der Waals surface area contributed by atoms with Crippen LogP contribution in [-0.4, -0.2) is 24.5 Å². The molecular weight excluding hydrogens is 164 g/mol. The van der Waals surface area contributed by atoms with Crippen molar-refractivity contribution in [2.75, 3.05) is 7.05 Å². The summed E-state index contributed by atoms with van der Waals surface area (Å²) in [5.74, 6) is 0.0689. The number of carbonyl (C=O) groups excluding carboxylic acids is 1. The molecule has 3 heteroatoms. The van der Waals surface area contributed by atoms with Crippen molar-refractivity contribution in [2.24, 2.45) is 0 Å². The van der Waals surface area contributed by atoms with Crippen LogP contribution in [0.25, 0.3) is 0 Å². The molecule has 2 N–H and O–H groups in total. The van der Waals surface area contributed by atoms with E-state index in [4.69, 9.17) is 0 Å². The largest absolute Gasteiger partial charge is 0.358 e. The highest BCUT2D eigenvalue weighted by atomic mass is 16.2. The second kappa shape index (κ2) is 4.09. The molecule has 0 aromatic carbocycles. The number of rotatable bonds is 3. The normalized spacial score (nSPS) is 19.0. The van der Waals surface area contributed by atoms with Crippen LogP contribution in [-0.2, 0) is 4.79 Å². The summed E-state index contributed by atoms with van der Waals surface area (Å²) in [6.45, 7) is 3.87. The summed E-state index contributed by atoms with van der Waals surface area (Å²) in [6.07, 6.45) is 5.00. The van der Waals surface area contributed by atoms with Gasteiger partial charge < -0.3 is 10.6 Å². The van der Waals surface area contributed by atoms with Crippen LogP contribution in [0.15, 0.2) is 0 Å². The van der Waals surface area contributed by atoms with Crippen molar-refractivity contribution in [3.63, 3.8) is 0 Å². The smallest absolute Gasteiger partial charge is 0.239 e. The summed E-state index contributed by atoms with van der Waals surface area (Å²) in [6, 6.07) is 0.535. The van der Waals surface area contributed by atoms with E-state index in [1.807, 2.05) is 13.8 Å². The highest BCUT2D eigenvalue weighted by Gasteiger charge is 2.30. The first-order chi connectivity index (χ1) is 6.06. The molecule has 1 saturated carbocycles. The second-order valence-electron chi connectivity index (χ2n) is 4.33. The molecular formula is C10H20N2O. The lowest BCUT2D eigenvalue weighted by atomic mass is 10.0. The Balaban J connectivity index is 2.44. The number of hydrogen-bond donors (Lipinski definition) is 2. The summed E-state index contributed by atoms with van der Waals surface area (Å²) >= 11 is 0. The predicted molar refractivity (Wildman–Crippen MR) is 53.5 cm³/mol. The Kier molecular flexibility index (Phi) is 3.31. The van der Waals surface area contributed by atoms with Crippen LogP contribution in [0.1, 0.15) is 39.5 Å². The van der Waals surface area contributed by atoms with Crippen LogP contribution in [0, 0.1) is 0 Å². The zero-order valence-electron chi connectivity index (χ0n) is 8.81. The van der Waals surface area contributed by atoms with E-state index in [1.54, 1.807) is 7.05 Å². The number of likely N-dealkylation sites (N-methyl/N-ethyl adjacent to an activating group) is 1. The third-order valence-electron chi connectivity index (χ3n) is 2.71. The van der Waals surface area contributed by atoms with Crippen molar-refractivity contribution < 1.29 is 4.79 Å². The van der Waals surface area contributed by atoms with Crippen LogP contribution < -0.4 is 10.6 Å². The van der Waals surface area contributed by atoms with Gasteiger partial charge in [-0.15, -0.1) is 0 Å². The van der Waals surface area contributed by atoms with Gasteiger partial charge in [-0.2, -0.15) is 0 Å². The SMILES string of the molecule is CNC(=O)C(C)(C)NC1CCCC1. The van der Waals surface area contributed by atoms with Gasteiger partial charge in [-0.05, 0) is 26.7 Å². The zero-order chi connectivity index (χ0) is 9.90. The van der Waals surface area contributed by atoms with Crippen molar-refractivity contribution in [1.29, 1.82) is 0 Å². The molecule has 0 atom stereocenters. The predicted octanol–water partition coefficient (Wildman–Crippen LogP) is 1.04. The molecule has 0 saturated heterocycles. The van der Waals surface area contributed by atoms with Gasteiger partial charge in [0.15, 0.2) is 0 Å². The Bertz CT molecular complexity index is 183. The van der Waals surface area contributed by atoms with Crippen molar-refractivity contribution in [3.8, 4) is 0 Å². The Morgan fingerprint density at radius 1 is 1.31 bits per heavy atom. The molecule has 1 aliphatic carbocycles. The molecule has 0 heterocycles. The molecule has 0 aromatic rings. The Hall–Kier alpha value is -0.570. The van der Waals surface area contributed by atoms with Crippen LogP contribution in [0.3, 0.4) is 0 Å². The molecule has 0 aromatic heterocycles. The molecule has 1 amide bonds. The maximum atomic E-state index is 11.4. The molecule has 76 valence electrons. The summed E-state index contributed by atoms with van der Waals surface area (Å²) in [4.78, 5) is 11.4. The van der Waals surface area contributed by atoms with Crippen molar-refractivity contribution in [3.05, 3.63) is 0 Å². The summed E-state index contributed by atoms with van der Waals surface area (Å²) in [7, 11) is 1.68. The first-order valence-corrected chi connectivity index (χ1v) is 5.06. The van der Waals surface area contributed by atoms with Crippen molar-refractivity contribution in [2.45, 2.75) is 51.1 Å². The zero-order valence-corrected chi connectivity index (χ0v) is 8.81. The van der Waals surface area contributed by atoms with E-state index in [-0.39, 0.29) is 5.91 Å². The molecule has 0 radical (unpaired) electrons. The van der Waals surface area contributed by atoms with E-state index in [0.29, 0.717) is 6.04 Å². The summed E-state index contributed by atoms with van der Waals surface area (Å²) < 4.78 is 0. The average molecular weight is 184 g/mol. The minimum absolute atomic E-state index is 0.0689. The lowest BCUT2D eigenvalue weighted by Crippen LogP contribution is -2.54. The number of amides is 1. The Morgan fingerprint density at radius 2 is 1.85 bits per heavy atom. The molecule has 0 unspecified atom stereocenters. The summed E-state index contributed by atoms with van der Waals surface area (Å²) in [5, 5.41) is 6.07. The van der Waals surface area contributed by atoms with Gasteiger partial charge in [0.1, 0.15) is 0 Å². The average Bonchev–Trinajstić information content (AvgIpc) is 2.54. The minimum Gasteiger partial charge on any atom is -0.358 e. The standard InChI is InChI=1S/C10H20N2O/c1-10(2,9(13)11-3)12-8-6-4-5-7-8/h8,12H,4-7H2,1-3H3,(H,11,13). The fraction of sp³-hybridized carbons (Fsp3) is 0.900. The Labute approximate surface area is 80.3 Å². The van der Waals surface area contributed by atoms with Gasteiger partial charge in [0, 0.05) is 13.1 Å². The first-order valence-electron chi connectivity index (χ1n) is 5.06. The number of nitrogens with one attached hydrogen (secondary N) is 2. The maximum Gasteiger partial charge on any atom is 0.239 e. The van der Waals surface area contributed by atoms with Crippen LogP contribution in [0.4, 0.5) is 0 Å². The van der Waals surface area contributed by atoms with Crippen LogP contribution >= 0.6 is 0 Å². The molecule has 0 spiro atoms. The van der Waals surface area contributed by atoms with Gasteiger partial charge in [0.05, 0.1) is 5.54 Å². The first kappa shape index (κ1) is 10.5. The monoisotopic (exact) mass is 184 g/mol. The maximum absolute atomic E-state index is 11.4. The molecule has 13 heavy (non-hydrogen) atoms. The van der Waals surface area contributed by atoms with Gasteiger partial charge in [0.25, 0.3) is 0 Å². The topological polar surface area (TPSA) is 41.1 Å². The quantitative estimate of drug-likeness (QED) is 0.688. The Morgan fingerprint density at radius 3 is 2.31 bits per heavy atom. The van der Waals surface area contributed by atoms with Gasteiger partial charge in [-0.1, -0.05) is 12.8 Å². The van der Waals surface area contributed by atoms with Gasteiger partial charge in [-0.25, -0.2) is 0 Å². The molecule has 0 aliphatic heterocycles. The molecule has 1 fully saturated rings. The highest BCUT2D eigenvalue weighted by molar-refractivity contribution is 5.85. The molecule has 1 rings (SSSR count). The van der Waals surface area contributed by atoms with Gasteiger partial charge >= 0.3 is 0 Å². The summed E-state index contributed by atoms with van der Waals surface area (Å²) in [5.41, 5.74) is -0.427. The fourth-order valence-corrected chi connectivity index (χ4v) is 1.96. The molecule has 0 bridgehead atoms. The van der Waals surface area contributed by atoms with Crippen LogP contribution in [0.2, 0.25) is 0 Å². The highest BCUT2D eigenvalue weighted by Crippen LogP contribution is 2.20. The second-order valence-corrected chi connectivity index (χ2v) is 4.33. The van der Waals surface area contributed by atoms with E-state index in [2.05, 4.69) is 10.6 Å². The molecule has 3 nitrogen and oxygen atoms in total. The van der Waals surface area contributed by atoms with E-state index in [9.17, 15) is 4.79 Å².